The molecule has 0 saturated heterocycles. The Kier molecular flexibility index (Phi) is 3.09. The van der Waals surface area contributed by atoms with Gasteiger partial charge in [-0.05, 0) is 31.0 Å². The molecule has 0 aliphatic heterocycles. The molecule has 0 fully saturated rings. The van der Waals surface area contributed by atoms with E-state index < -0.39 is 0 Å². The first kappa shape index (κ1) is 11.6. The van der Waals surface area contributed by atoms with Gasteiger partial charge >= 0.3 is 0 Å². The Bertz CT molecular complexity index is 571. The molecule has 17 heavy (non-hydrogen) atoms. The zero-order valence-corrected chi connectivity index (χ0v) is 10.3. The topological polar surface area (TPSA) is 34.9 Å². The summed E-state index contributed by atoms with van der Waals surface area (Å²) < 4.78 is 1.48. The van der Waals surface area contributed by atoms with Crippen molar-refractivity contribution in [2.75, 3.05) is 0 Å². The Hall–Kier alpha value is -1.90. The van der Waals surface area contributed by atoms with Crippen LogP contribution in [0.5, 0.6) is 0 Å². The second-order valence-electron chi connectivity index (χ2n) is 4.46. The smallest absolute Gasteiger partial charge is 0.267 e. The molecule has 0 bridgehead atoms. The van der Waals surface area contributed by atoms with Crippen molar-refractivity contribution in [2.45, 2.75) is 26.7 Å². The van der Waals surface area contributed by atoms with Crippen LogP contribution in [0.2, 0.25) is 0 Å². The number of rotatable bonds is 2. The van der Waals surface area contributed by atoms with Crippen LogP contribution in [0.3, 0.4) is 0 Å². The average Bonchev–Trinajstić information content (AvgIpc) is 2.33. The van der Waals surface area contributed by atoms with Gasteiger partial charge in [0.15, 0.2) is 0 Å². The minimum Gasteiger partial charge on any atom is -0.267 e. The summed E-state index contributed by atoms with van der Waals surface area (Å²) in [5, 5.41) is 4.41. The van der Waals surface area contributed by atoms with Crippen LogP contribution in [0.15, 0.2) is 41.2 Å². The van der Waals surface area contributed by atoms with E-state index in [4.69, 9.17) is 0 Å². The van der Waals surface area contributed by atoms with Gasteiger partial charge in [-0.1, -0.05) is 32.0 Å². The predicted molar refractivity (Wildman–Crippen MR) is 68.7 cm³/mol. The van der Waals surface area contributed by atoms with Crippen molar-refractivity contribution >= 4 is 0 Å². The molecule has 1 aromatic heterocycles. The number of hydrogen-bond donors (Lipinski definition) is 0. The Morgan fingerprint density at radius 2 is 1.82 bits per heavy atom. The molecule has 3 heteroatoms. The van der Waals surface area contributed by atoms with Gasteiger partial charge in [0.05, 0.1) is 11.4 Å². The molecule has 88 valence electrons. The number of aryl methyl sites for hydroxylation is 1. The second-order valence-corrected chi connectivity index (χ2v) is 4.46. The maximum absolute atomic E-state index is 12.0. The molecule has 1 heterocycles. The fourth-order valence-electron chi connectivity index (χ4n) is 1.67. The fraction of sp³-hybridized carbons (Fsp3) is 0.286. The molecule has 3 nitrogen and oxygen atoms in total. The summed E-state index contributed by atoms with van der Waals surface area (Å²) in [5.41, 5.74) is 2.42. The highest BCUT2D eigenvalue weighted by Gasteiger charge is 2.08. The molecule has 0 spiro atoms. The molecular formula is C14H16N2O. The lowest BCUT2D eigenvalue weighted by Crippen LogP contribution is -2.24. The molecule has 2 rings (SSSR count). The third kappa shape index (κ3) is 2.28. The summed E-state index contributed by atoms with van der Waals surface area (Å²) in [6.07, 6.45) is 0. The van der Waals surface area contributed by atoms with Crippen molar-refractivity contribution in [3.63, 3.8) is 0 Å². The molecule has 0 atom stereocenters. The van der Waals surface area contributed by atoms with Gasteiger partial charge in [0.1, 0.15) is 0 Å². The van der Waals surface area contributed by atoms with Gasteiger partial charge in [-0.3, -0.25) is 4.79 Å². The summed E-state index contributed by atoms with van der Waals surface area (Å²) in [5.74, 6) is 0.310. The van der Waals surface area contributed by atoms with Gasteiger partial charge in [0, 0.05) is 5.56 Å². The zero-order chi connectivity index (χ0) is 12.4. The highest BCUT2D eigenvalue weighted by atomic mass is 16.1. The Morgan fingerprint density at radius 3 is 2.41 bits per heavy atom. The minimum absolute atomic E-state index is 0.0550. The number of para-hydroxylation sites is 1. The Balaban J connectivity index is 2.65. The molecule has 0 saturated carbocycles. The lowest BCUT2D eigenvalue weighted by atomic mass is 10.1. The number of benzene rings is 1. The van der Waals surface area contributed by atoms with E-state index in [9.17, 15) is 4.79 Å². The molecule has 0 aliphatic carbocycles. The number of nitrogens with zero attached hydrogens (tertiary/aromatic N) is 2. The third-order valence-corrected chi connectivity index (χ3v) is 2.70. The van der Waals surface area contributed by atoms with Crippen LogP contribution in [0.1, 0.15) is 31.0 Å². The normalized spacial score (nSPS) is 10.8. The highest BCUT2D eigenvalue weighted by molar-refractivity contribution is 5.31. The van der Waals surface area contributed by atoms with Crippen molar-refractivity contribution < 1.29 is 0 Å². The maximum Gasteiger partial charge on any atom is 0.274 e. The summed E-state index contributed by atoms with van der Waals surface area (Å²) in [7, 11) is 0. The number of aromatic nitrogens is 2. The molecule has 0 unspecified atom stereocenters. The lowest BCUT2D eigenvalue weighted by molar-refractivity contribution is 0.707. The van der Waals surface area contributed by atoms with Crippen molar-refractivity contribution in [1.82, 2.24) is 9.78 Å². The van der Waals surface area contributed by atoms with Crippen molar-refractivity contribution in [1.29, 1.82) is 0 Å². The van der Waals surface area contributed by atoms with Crippen molar-refractivity contribution in [3.05, 3.63) is 58.0 Å². The monoisotopic (exact) mass is 228 g/mol. The van der Waals surface area contributed by atoms with Crippen molar-refractivity contribution in [2.24, 2.45) is 0 Å². The van der Waals surface area contributed by atoms with Gasteiger partial charge in [0.2, 0.25) is 0 Å². The summed E-state index contributed by atoms with van der Waals surface area (Å²) in [4.78, 5) is 12.0. The van der Waals surface area contributed by atoms with Crippen LogP contribution in [-0.4, -0.2) is 9.78 Å². The highest BCUT2D eigenvalue weighted by Crippen LogP contribution is 2.12. The first-order chi connectivity index (χ1) is 8.09. The average molecular weight is 228 g/mol. The lowest BCUT2D eigenvalue weighted by Gasteiger charge is -2.10. The van der Waals surface area contributed by atoms with Crippen LogP contribution in [0, 0.1) is 6.92 Å². The van der Waals surface area contributed by atoms with E-state index in [2.05, 4.69) is 18.9 Å². The van der Waals surface area contributed by atoms with Crippen LogP contribution >= 0.6 is 0 Å². The molecule has 0 aliphatic rings. The van der Waals surface area contributed by atoms with Gasteiger partial charge in [0.25, 0.3) is 5.56 Å². The Labute approximate surface area is 101 Å². The van der Waals surface area contributed by atoms with Crippen LogP contribution in [-0.2, 0) is 0 Å². The third-order valence-electron chi connectivity index (χ3n) is 2.70. The van der Waals surface area contributed by atoms with E-state index in [1.807, 2.05) is 43.3 Å². The largest absolute Gasteiger partial charge is 0.274 e. The minimum atomic E-state index is -0.0550. The van der Waals surface area contributed by atoms with Gasteiger partial charge in [-0.25, -0.2) is 0 Å². The van der Waals surface area contributed by atoms with Crippen molar-refractivity contribution in [3.8, 4) is 5.69 Å². The van der Waals surface area contributed by atoms with E-state index >= 15 is 0 Å². The van der Waals surface area contributed by atoms with E-state index in [0.29, 0.717) is 5.92 Å². The summed E-state index contributed by atoms with van der Waals surface area (Å²) in [6.45, 7) is 5.97. The predicted octanol–water partition coefficient (Wildman–Crippen LogP) is 2.66. The maximum atomic E-state index is 12.0. The molecular weight excluding hydrogens is 212 g/mol. The van der Waals surface area contributed by atoms with E-state index in [-0.39, 0.29) is 5.56 Å². The fourth-order valence-corrected chi connectivity index (χ4v) is 1.67. The Morgan fingerprint density at radius 1 is 1.18 bits per heavy atom. The molecule has 1 aromatic carbocycles. The summed E-state index contributed by atoms with van der Waals surface area (Å²) in [6, 6.07) is 11.4. The standard InChI is InChI=1S/C14H16N2O/c1-10(2)13-9-11(3)14(17)16(15-13)12-7-5-4-6-8-12/h4-10H,1-3H3. The van der Waals surface area contributed by atoms with Crippen LogP contribution in [0.4, 0.5) is 0 Å². The SMILES string of the molecule is Cc1cc(C(C)C)nn(-c2ccccc2)c1=O. The van der Waals surface area contributed by atoms with Gasteiger partial charge in [-0.2, -0.15) is 9.78 Å². The molecule has 0 radical (unpaired) electrons. The van der Waals surface area contributed by atoms with Crippen LogP contribution < -0.4 is 5.56 Å². The molecule has 0 N–H and O–H groups in total. The van der Waals surface area contributed by atoms with E-state index in [1.165, 1.54) is 4.68 Å². The van der Waals surface area contributed by atoms with E-state index in [1.54, 1.807) is 0 Å². The number of hydrogen-bond acceptors (Lipinski definition) is 2. The first-order valence-electron chi connectivity index (χ1n) is 5.76. The molecule has 2 aromatic rings. The van der Waals surface area contributed by atoms with Gasteiger partial charge < -0.3 is 0 Å². The zero-order valence-electron chi connectivity index (χ0n) is 10.3. The van der Waals surface area contributed by atoms with Gasteiger partial charge in [-0.15, -0.1) is 0 Å². The van der Waals surface area contributed by atoms with Crippen LogP contribution in [0.25, 0.3) is 5.69 Å². The second kappa shape index (κ2) is 4.53. The van der Waals surface area contributed by atoms with E-state index in [0.717, 1.165) is 16.9 Å². The quantitative estimate of drug-likeness (QED) is 0.792. The first-order valence-corrected chi connectivity index (χ1v) is 5.76. The molecule has 0 amide bonds. The summed E-state index contributed by atoms with van der Waals surface area (Å²) >= 11 is 0.